The number of nitrogens with two attached hydrogens (primary N) is 1. The molecule has 4 rings (SSSR count). The van der Waals surface area contributed by atoms with Gasteiger partial charge in [-0.15, -0.1) is 0 Å². The fourth-order valence-electron chi connectivity index (χ4n) is 3.74. The highest BCUT2D eigenvalue weighted by Gasteiger charge is 2.28. The van der Waals surface area contributed by atoms with Crippen LogP contribution in [0.2, 0.25) is 0 Å². The van der Waals surface area contributed by atoms with Crippen LogP contribution in [-0.4, -0.2) is 58.0 Å². The average Bonchev–Trinajstić information content (AvgIpc) is 3.70. The van der Waals surface area contributed by atoms with Gasteiger partial charge in [0.2, 0.25) is 0 Å². The van der Waals surface area contributed by atoms with Crippen molar-refractivity contribution in [3.05, 3.63) is 53.6 Å². The number of aliphatic imine (C=N–C) groups is 1. The van der Waals surface area contributed by atoms with Gasteiger partial charge in [-0.2, -0.15) is 0 Å². The molecular weight excluding hydrogens is 420 g/mol. The van der Waals surface area contributed by atoms with Gasteiger partial charge in [-0.05, 0) is 44.2 Å². The van der Waals surface area contributed by atoms with Gasteiger partial charge in [0.15, 0.2) is 5.69 Å². The molecule has 0 unspecified atom stereocenters. The fourth-order valence-corrected chi connectivity index (χ4v) is 3.74. The van der Waals surface area contributed by atoms with Gasteiger partial charge in [0, 0.05) is 38.0 Å². The van der Waals surface area contributed by atoms with Gasteiger partial charge in [-0.1, -0.05) is 0 Å². The summed E-state index contributed by atoms with van der Waals surface area (Å²) in [6, 6.07) is 3.74. The van der Waals surface area contributed by atoms with Gasteiger partial charge in [0.1, 0.15) is 12.0 Å². The molecule has 1 saturated heterocycles. The number of carbonyl (C=O) groups is 2. The number of amides is 2. The molecule has 4 N–H and O–H groups in total. The number of anilines is 2. The maximum absolute atomic E-state index is 13.3. The molecule has 172 valence electrons. The largest absolute Gasteiger partial charge is 0.393 e. The first-order chi connectivity index (χ1) is 16.1. The molecule has 10 heteroatoms. The van der Waals surface area contributed by atoms with Gasteiger partial charge in [0.05, 0.1) is 29.5 Å². The van der Waals surface area contributed by atoms with Crippen LogP contribution in [0.25, 0.3) is 0 Å². The summed E-state index contributed by atoms with van der Waals surface area (Å²) >= 11 is 0. The number of nitrogens with zero attached hydrogens (tertiary/aromatic N) is 5. The Kier molecular flexibility index (Phi) is 6.92. The van der Waals surface area contributed by atoms with E-state index in [0.29, 0.717) is 30.4 Å². The van der Waals surface area contributed by atoms with Crippen molar-refractivity contribution in [1.82, 2.24) is 25.2 Å². The van der Waals surface area contributed by atoms with E-state index < -0.39 is 5.91 Å². The minimum Gasteiger partial charge on any atom is -0.393 e. The lowest BCUT2D eigenvalue weighted by Crippen LogP contribution is -2.40. The van der Waals surface area contributed by atoms with Gasteiger partial charge >= 0.3 is 0 Å². The normalized spacial score (nSPS) is 16.9. The quantitative estimate of drug-likeness (QED) is 0.435. The molecule has 1 aliphatic carbocycles. The lowest BCUT2D eigenvalue weighted by Gasteiger charge is -2.27. The first-order valence-electron chi connectivity index (χ1n) is 11.1. The first kappa shape index (κ1) is 22.4. The van der Waals surface area contributed by atoms with Crippen molar-refractivity contribution in [2.45, 2.75) is 38.0 Å². The Bertz CT molecular complexity index is 1070. The molecule has 0 spiro atoms. The van der Waals surface area contributed by atoms with E-state index in [4.69, 9.17) is 5.73 Å². The fraction of sp³-hybridized carbons (Fsp3) is 0.391. The Morgan fingerprint density at radius 1 is 1.15 bits per heavy atom. The highest BCUT2D eigenvalue weighted by atomic mass is 16.2. The van der Waals surface area contributed by atoms with Gasteiger partial charge in [-0.3, -0.25) is 14.6 Å². The number of pyridine rings is 1. The van der Waals surface area contributed by atoms with Crippen LogP contribution in [0.4, 0.5) is 11.4 Å². The van der Waals surface area contributed by atoms with E-state index in [2.05, 4.69) is 30.6 Å². The Hall–Kier alpha value is -3.82. The Morgan fingerprint density at radius 2 is 1.88 bits per heavy atom. The van der Waals surface area contributed by atoms with Crippen molar-refractivity contribution in [3.8, 4) is 0 Å². The van der Waals surface area contributed by atoms with Crippen molar-refractivity contribution in [1.29, 1.82) is 0 Å². The number of rotatable bonds is 7. The second-order valence-electron chi connectivity index (χ2n) is 8.18. The number of likely N-dealkylation sites (tertiary alicyclic amines) is 1. The number of hydrogen-bond acceptors (Lipinski definition) is 8. The van der Waals surface area contributed by atoms with Crippen LogP contribution < -0.4 is 16.4 Å². The summed E-state index contributed by atoms with van der Waals surface area (Å²) in [6.45, 7) is 1.31. The predicted octanol–water partition coefficient (Wildman–Crippen LogP) is 2.11. The van der Waals surface area contributed by atoms with E-state index in [1.807, 2.05) is 12.1 Å². The van der Waals surface area contributed by atoms with E-state index in [0.717, 1.165) is 37.8 Å². The summed E-state index contributed by atoms with van der Waals surface area (Å²) in [6.07, 6.45) is 11.1. The summed E-state index contributed by atoms with van der Waals surface area (Å²) in [4.78, 5) is 44.5. The summed E-state index contributed by atoms with van der Waals surface area (Å²) in [7, 11) is 1.55. The predicted molar refractivity (Wildman–Crippen MR) is 125 cm³/mol. The molecule has 3 heterocycles. The molecule has 0 bridgehead atoms. The van der Waals surface area contributed by atoms with E-state index in [-0.39, 0.29) is 23.0 Å². The highest BCUT2D eigenvalue weighted by Crippen LogP contribution is 2.39. The number of allylic oxidation sites excluding steroid dienone is 1. The van der Waals surface area contributed by atoms with Crippen LogP contribution >= 0.6 is 0 Å². The number of hydrogen-bond donors (Lipinski definition) is 3. The molecule has 1 saturated carbocycles. The molecule has 2 aromatic heterocycles. The monoisotopic (exact) mass is 448 g/mol. The van der Waals surface area contributed by atoms with E-state index in [1.165, 1.54) is 12.5 Å². The molecule has 0 aromatic carbocycles. The minimum absolute atomic E-state index is 0.0415. The minimum atomic E-state index is -0.485. The van der Waals surface area contributed by atoms with Gasteiger partial charge < -0.3 is 21.3 Å². The zero-order chi connectivity index (χ0) is 23.2. The highest BCUT2D eigenvalue weighted by molar-refractivity contribution is 6.05. The SMILES string of the molecule is CN=CC(NC(=O)c1nc(C2CC2)ccc1Nc1cncnc1)=C(N)C(=O)N1CCCCC1. The molecule has 2 fully saturated rings. The molecular formula is C23H28N8O2. The molecule has 2 aliphatic rings. The first-order valence-corrected chi connectivity index (χ1v) is 11.1. The van der Waals surface area contributed by atoms with Crippen molar-refractivity contribution in [2.24, 2.45) is 10.7 Å². The third-order valence-corrected chi connectivity index (χ3v) is 5.64. The smallest absolute Gasteiger partial charge is 0.276 e. The summed E-state index contributed by atoms with van der Waals surface area (Å²) in [5.74, 6) is -0.422. The second kappa shape index (κ2) is 10.2. The van der Waals surface area contributed by atoms with Crippen molar-refractivity contribution in [3.63, 3.8) is 0 Å². The van der Waals surface area contributed by atoms with Gasteiger partial charge in [0.25, 0.3) is 11.8 Å². The molecule has 10 nitrogen and oxygen atoms in total. The third-order valence-electron chi connectivity index (χ3n) is 5.64. The number of carbonyl (C=O) groups excluding carboxylic acids is 2. The zero-order valence-electron chi connectivity index (χ0n) is 18.6. The van der Waals surface area contributed by atoms with Crippen LogP contribution in [0.1, 0.15) is 54.2 Å². The zero-order valence-corrected chi connectivity index (χ0v) is 18.6. The number of nitrogens with one attached hydrogen (secondary N) is 2. The maximum Gasteiger partial charge on any atom is 0.276 e. The average molecular weight is 449 g/mol. The number of aromatic nitrogens is 3. The summed E-state index contributed by atoms with van der Waals surface area (Å²) in [5.41, 5.74) is 8.49. The van der Waals surface area contributed by atoms with Crippen LogP contribution in [0.15, 0.2) is 47.2 Å². The Labute approximate surface area is 192 Å². The third kappa shape index (κ3) is 5.51. The van der Waals surface area contributed by atoms with E-state index in [9.17, 15) is 9.59 Å². The summed E-state index contributed by atoms with van der Waals surface area (Å²) in [5, 5.41) is 5.90. The lowest BCUT2D eigenvalue weighted by molar-refractivity contribution is -0.128. The lowest BCUT2D eigenvalue weighted by atomic mass is 10.1. The summed E-state index contributed by atoms with van der Waals surface area (Å²) < 4.78 is 0. The van der Waals surface area contributed by atoms with Crippen molar-refractivity contribution in [2.75, 3.05) is 25.5 Å². The van der Waals surface area contributed by atoms with Crippen LogP contribution in [0, 0.1) is 0 Å². The standard InChI is InChI=1S/C23H28N8O2/c1-25-13-19(20(24)23(33)31-9-3-2-4-10-31)30-22(32)21-18(28-16-11-26-14-27-12-16)8-7-17(29-21)15-5-6-15/h7-8,11-15,28H,2-6,9-10,24H2,1H3,(H,30,32). The molecule has 2 aromatic rings. The molecule has 2 amide bonds. The molecule has 1 aliphatic heterocycles. The topological polar surface area (TPSA) is 138 Å². The molecule has 33 heavy (non-hydrogen) atoms. The van der Waals surface area contributed by atoms with Crippen LogP contribution in [0.3, 0.4) is 0 Å². The van der Waals surface area contributed by atoms with Gasteiger partial charge in [-0.25, -0.2) is 15.0 Å². The molecule has 0 radical (unpaired) electrons. The van der Waals surface area contributed by atoms with Crippen molar-refractivity contribution < 1.29 is 9.59 Å². The van der Waals surface area contributed by atoms with Crippen LogP contribution in [-0.2, 0) is 4.79 Å². The Morgan fingerprint density at radius 3 is 2.55 bits per heavy atom. The second-order valence-corrected chi connectivity index (χ2v) is 8.18. The molecule has 0 atom stereocenters. The van der Waals surface area contributed by atoms with E-state index >= 15 is 0 Å². The van der Waals surface area contributed by atoms with Crippen molar-refractivity contribution >= 4 is 29.4 Å². The van der Waals surface area contributed by atoms with E-state index in [1.54, 1.807) is 24.3 Å². The Balaban J connectivity index is 1.62. The maximum atomic E-state index is 13.3. The number of piperidine rings is 1. The van der Waals surface area contributed by atoms with Crippen LogP contribution in [0.5, 0.6) is 0 Å².